The number of nitrogens with two attached hydrogens (primary N) is 1. The van der Waals surface area contributed by atoms with Crippen LogP contribution < -0.4 is 5.73 Å². The third-order valence-electron chi connectivity index (χ3n) is 3.07. The van der Waals surface area contributed by atoms with Gasteiger partial charge in [-0.25, -0.2) is 0 Å². The fourth-order valence-corrected chi connectivity index (χ4v) is 1.76. The van der Waals surface area contributed by atoms with Gasteiger partial charge in [0.1, 0.15) is 0 Å². The van der Waals surface area contributed by atoms with Gasteiger partial charge in [-0.1, -0.05) is 6.92 Å². The Balaban J connectivity index is 2.32. The van der Waals surface area contributed by atoms with Crippen LogP contribution in [-0.2, 0) is 9.53 Å². The highest BCUT2D eigenvalue weighted by Crippen LogP contribution is 2.51. The highest BCUT2D eigenvalue weighted by atomic mass is 16.5. The SMILES string of the molecule is CCOC(=O)CC(N)C1(CC)CC1. The van der Waals surface area contributed by atoms with E-state index >= 15 is 0 Å². The Morgan fingerprint density at radius 2 is 2.15 bits per heavy atom. The smallest absolute Gasteiger partial charge is 0.307 e. The summed E-state index contributed by atoms with van der Waals surface area (Å²) in [5, 5.41) is 0. The number of carbonyl (C=O) groups excluding carboxylic acids is 1. The van der Waals surface area contributed by atoms with Gasteiger partial charge in [-0.05, 0) is 31.6 Å². The monoisotopic (exact) mass is 185 g/mol. The molecule has 0 heterocycles. The molecule has 1 fully saturated rings. The molecule has 1 atom stereocenters. The molecule has 13 heavy (non-hydrogen) atoms. The standard InChI is InChI=1S/C10H19NO2/c1-3-10(5-6-10)8(11)7-9(12)13-4-2/h8H,3-7,11H2,1-2H3. The second kappa shape index (κ2) is 4.09. The summed E-state index contributed by atoms with van der Waals surface area (Å²) < 4.78 is 4.86. The van der Waals surface area contributed by atoms with Crippen molar-refractivity contribution in [1.82, 2.24) is 0 Å². The van der Waals surface area contributed by atoms with Crippen molar-refractivity contribution in [2.45, 2.75) is 45.6 Å². The van der Waals surface area contributed by atoms with Gasteiger partial charge in [0, 0.05) is 6.04 Å². The molecule has 0 aliphatic heterocycles. The molecule has 0 saturated heterocycles. The summed E-state index contributed by atoms with van der Waals surface area (Å²) in [4.78, 5) is 11.1. The molecule has 0 aromatic rings. The second-order valence-electron chi connectivity index (χ2n) is 3.83. The van der Waals surface area contributed by atoms with Crippen molar-refractivity contribution in [3.8, 4) is 0 Å². The number of carbonyl (C=O) groups is 1. The molecule has 2 N–H and O–H groups in total. The van der Waals surface area contributed by atoms with Crippen LogP contribution >= 0.6 is 0 Å². The lowest BCUT2D eigenvalue weighted by Crippen LogP contribution is -2.34. The minimum Gasteiger partial charge on any atom is -0.466 e. The van der Waals surface area contributed by atoms with E-state index in [2.05, 4.69) is 6.92 Å². The first-order valence-corrected chi connectivity index (χ1v) is 5.06. The molecule has 0 aromatic heterocycles. The molecule has 1 unspecified atom stereocenters. The minimum atomic E-state index is -0.158. The molecule has 1 rings (SSSR count). The third-order valence-corrected chi connectivity index (χ3v) is 3.07. The van der Waals surface area contributed by atoms with Crippen LogP contribution in [-0.4, -0.2) is 18.6 Å². The minimum absolute atomic E-state index is 0.00319. The molecule has 0 amide bonds. The summed E-state index contributed by atoms with van der Waals surface area (Å²) in [6.45, 7) is 4.40. The number of rotatable bonds is 5. The molecule has 3 nitrogen and oxygen atoms in total. The van der Waals surface area contributed by atoms with Crippen LogP contribution in [0.1, 0.15) is 39.5 Å². The lowest BCUT2D eigenvalue weighted by Gasteiger charge is -2.20. The lowest BCUT2D eigenvalue weighted by molar-refractivity contribution is -0.143. The van der Waals surface area contributed by atoms with E-state index in [0.717, 1.165) is 6.42 Å². The van der Waals surface area contributed by atoms with Crippen LogP contribution in [0.4, 0.5) is 0 Å². The maximum atomic E-state index is 11.1. The Bertz CT molecular complexity index is 187. The Labute approximate surface area is 79.6 Å². The topological polar surface area (TPSA) is 52.3 Å². The van der Waals surface area contributed by atoms with E-state index in [9.17, 15) is 4.79 Å². The second-order valence-corrected chi connectivity index (χ2v) is 3.83. The largest absolute Gasteiger partial charge is 0.466 e. The maximum absolute atomic E-state index is 11.1. The first-order valence-electron chi connectivity index (χ1n) is 5.06. The number of ether oxygens (including phenoxy) is 1. The van der Waals surface area contributed by atoms with Crippen molar-refractivity contribution in [3.05, 3.63) is 0 Å². The summed E-state index contributed by atoms with van der Waals surface area (Å²) in [6.07, 6.45) is 3.80. The Hall–Kier alpha value is -0.570. The highest BCUT2D eigenvalue weighted by Gasteiger charge is 2.46. The zero-order valence-corrected chi connectivity index (χ0v) is 8.51. The van der Waals surface area contributed by atoms with E-state index in [1.807, 2.05) is 6.92 Å². The molecular weight excluding hydrogens is 166 g/mol. The molecule has 1 aliphatic carbocycles. The number of esters is 1. The highest BCUT2D eigenvalue weighted by molar-refractivity contribution is 5.70. The van der Waals surface area contributed by atoms with Gasteiger partial charge in [0.2, 0.25) is 0 Å². The van der Waals surface area contributed by atoms with E-state index in [1.165, 1.54) is 12.8 Å². The number of hydrogen-bond acceptors (Lipinski definition) is 3. The van der Waals surface area contributed by atoms with E-state index in [0.29, 0.717) is 13.0 Å². The fourth-order valence-electron chi connectivity index (χ4n) is 1.76. The van der Waals surface area contributed by atoms with E-state index in [1.54, 1.807) is 0 Å². The van der Waals surface area contributed by atoms with Crippen LogP contribution in [0.2, 0.25) is 0 Å². The fraction of sp³-hybridized carbons (Fsp3) is 0.900. The van der Waals surface area contributed by atoms with Gasteiger partial charge >= 0.3 is 5.97 Å². The van der Waals surface area contributed by atoms with E-state index < -0.39 is 0 Å². The predicted molar refractivity (Wildman–Crippen MR) is 51.2 cm³/mol. The van der Waals surface area contributed by atoms with Crippen LogP contribution in [0.15, 0.2) is 0 Å². The molecule has 3 heteroatoms. The van der Waals surface area contributed by atoms with E-state index in [4.69, 9.17) is 10.5 Å². The first-order chi connectivity index (χ1) is 6.14. The third kappa shape index (κ3) is 2.44. The average molecular weight is 185 g/mol. The molecular formula is C10H19NO2. The normalized spacial score (nSPS) is 20.8. The molecule has 0 aromatic carbocycles. The van der Waals surface area contributed by atoms with Crippen LogP contribution in [0.25, 0.3) is 0 Å². The van der Waals surface area contributed by atoms with Gasteiger partial charge in [-0.3, -0.25) is 4.79 Å². The van der Waals surface area contributed by atoms with Crippen molar-refractivity contribution >= 4 is 5.97 Å². The molecule has 1 aliphatic rings. The summed E-state index contributed by atoms with van der Waals surface area (Å²) >= 11 is 0. The zero-order valence-electron chi connectivity index (χ0n) is 8.51. The van der Waals surface area contributed by atoms with Crippen molar-refractivity contribution in [2.75, 3.05) is 6.61 Å². The number of hydrogen-bond donors (Lipinski definition) is 1. The van der Waals surface area contributed by atoms with Gasteiger partial charge in [0.25, 0.3) is 0 Å². The van der Waals surface area contributed by atoms with Crippen LogP contribution in [0.5, 0.6) is 0 Å². The van der Waals surface area contributed by atoms with Gasteiger partial charge in [0.15, 0.2) is 0 Å². The molecule has 0 bridgehead atoms. The molecule has 0 spiro atoms. The average Bonchev–Trinajstić information content (AvgIpc) is 2.84. The van der Waals surface area contributed by atoms with Gasteiger partial charge < -0.3 is 10.5 Å². The van der Waals surface area contributed by atoms with Crippen LogP contribution in [0, 0.1) is 5.41 Å². The van der Waals surface area contributed by atoms with Gasteiger partial charge in [0.05, 0.1) is 13.0 Å². The van der Waals surface area contributed by atoms with E-state index in [-0.39, 0.29) is 17.4 Å². The van der Waals surface area contributed by atoms with Crippen LogP contribution in [0.3, 0.4) is 0 Å². The Kier molecular flexibility index (Phi) is 3.31. The van der Waals surface area contributed by atoms with Crippen molar-refractivity contribution in [3.63, 3.8) is 0 Å². The van der Waals surface area contributed by atoms with Crippen molar-refractivity contribution in [1.29, 1.82) is 0 Å². The summed E-state index contributed by atoms with van der Waals surface area (Å²) in [6, 6.07) is -0.00319. The Morgan fingerprint density at radius 3 is 2.54 bits per heavy atom. The lowest BCUT2D eigenvalue weighted by atomic mass is 9.92. The quantitative estimate of drug-likeness (QED) is 0.660. The first kappa shape index (κ1) is 10.5. The summed E-state index contributed by atoms with van der Waals surface area (Å²) in [5.74, 6) is -0.158. The zero-order chi connectivity index (χ0) is 9.90. The molecule has 1 saturated carbocycles. The van der Waals surface area contributed by atoms with Crippen molar-refractivity contribution in [2.24, 2.45) is 11.1 Å². The van der Waals surface area contributed by atoms with Gasteiger partial charge in [-0.15, -0.1) is 0 Å². The maximum Gasteiger partial charge on any atom is 0.307 e. The molecule has 0 radical (unpaired) electrons. The van der Waals surface area contributed by atoms with Gasteiger partial charge in [-0.2, -0.15) is 0 Å². The summed E-state index contributed by atoms with van der Waals surface area (Å²) in [5.41, 5.74) is 6.21. The predicted octanol–water partition coefficient (Wildman–Crippen LogP) is 1.46. The molecule has 76 valence electrons. The Morgan fingerprint density at radius 1 is 1.54 bits per heavy atom. The van der Waals surface area contributed by atoms with Crippen molar-refractivity contribution < 1.29 is 9.53 Å². The summed E-state index contributed by atoms with van der Waals surface area (Å²) in [7, 11) is 0.